The fourth-order valence-electron chi connectivity index (χ4n) is 2.31. The Morgan fingerprint density at radius 3 is 2.50 bits per heavy atom. The van der Waals surface area contributed by atoms with Crippen molar-refractivity contribution in [2.75, 3.05) is 18.8 Å². The first-order valence-corrected chi connectivity index (χ1v) is 9.31. The number of halogens is 1. The summed E-state index contributed by atoms with van der Waals surface area (Å²) in [7, 11) is 0. The maximum atomic E-state index is 4.11. The highest BCUT2D eigenvalue weighted by atomic mass is 35.5. The van der Waals surface area contributed by atoms with Gasteiger partial charge in [0, 0.05) is 12.3 Å². The number of rotatable bonds is 9. The van der Waals surface area contributed by atoms with Crippen molar-refractivity contribution >= 4 is 30.2 Å². The molecule has 3 aromatic rings. The third-order valence-corrected chi connectivity index (χ3v) is 4.55. The molecule has 0 radical (unpaired) electrons. The van der Waals surface area contributed by atoms with Crippen molar-refractivity contribution in [1.82, 2.24) is 25.5 Å². The molecular weight excluding hydrogens is 366 g/mol. The second kappa shape index (κ2) is 11.5. The second-order valence-electron chi connectivity index (χ2n) is 5.43. The van der Waals surface area contributed by atoms with Crippen molar-refractivity contribution in [3.63, 3.8) is 0 Å². The zero-order valence-corrected chi connectivity index (χ0v) is 16.0. The van der Waals surface area contributed by atoms with Crippen LogP contribution in [0, 0.1) is 0 Å². The molecule has 1 heterocycles. The molecule has 0 aliphatic heterocycles. The van der Waals surface area contributed by atoms with Crippen LogP contribution in [0.2, 0.25) is 0 Å². The Balaban J connectivity index is 0.00000243. The first kappa shape index (κ1) is 20.2. The van der Waals surface area contributed by atoms with E-state index in [4.69, 9.17) is 0 Å². The molecule has 0 aliphatic carbocycles. The molecule has 0 unspecified atom stereocenters. The molecule has 26 heavy (non-hydrogen) atoms. The molecule has 136 valence electrons. The summed E-state index contributed by atoms with van der Waals surface area (Å²) in [5, 5.41) is 16.2. The molecule has 1 N–H and O–H groups in total. The van der Waals surface area contributed by atoms with Crippen LogP contribution in [-0.2, 0) is 0 Å². The van der Waals surface area contributed by atoms with E-state index in [0.717, 1.165) is 36.1 Å². The van der Waals surface area contributed by atoms with Crippen molar-refractivity contribution in [2.24, 2.45) is 0 Å². The van der Waals surface area contributed by atoms with E-state index in [1.54, 1.807) is 16.4 Å². The van der Waals surface area contributed by atoms with Crippen LogP contribution < -0.4 is 5.32 Å². The van der Waals surface area contributed by atoms with E-state index >= 15 is 0 Å². The number of thioether (sulfide) groups is 1. The van der Waals surface area contributed by atoms with Crippen LogP contribution in [0.5, 0.6) is 0 Å². The van der Waals surface area contributed by atoms with Crippen LogP contribution in [0.4, 0.5) is 0 Å². The Labute approximate surface area is 164 Å². The lowest BCUT2D eigenvalue weighted by atomic mass is 10.2. The molecule has 0 bridgehead atoms. The van der Waals surface area contributed by atoms with Crippen molar-refractivity contribution in [1.29, 1.82) is 0 Å². The summed E-state index contributed by atoms with van der Waals surface area (Å²) in [5.74, 6) is 0.975. The quantitative estimate of drug-likeness (QED) is 0.446. The van der Waals surface area contributed by atoms with Gasteiger partial charge in [0.15, 0.2) is 0 Å². The maximum Gasteiger partial charge on any atom is 0.214 e. The highest BCUT2D eigenvalue weighted by molar-refractivity contribution is 7.99. The van der Waals surface area contributed by atoms with Crippen LogP contribution in [0.15, 0.2) is 71.9 Å². The molecule has 0 amide bonds. The number of nitrogens with zero attached hydrogens (tertiary/aromatic N) is 4. The van der Waals surface area contributed by atoms with Gasteiger partial charge < -0.3 is 5.32 Å². The largest absolute Gasteiger partial charge is 0.313 e. The van der Waals surface area contributed by atoms with Gasteiger partial charge in [-0.15, -0.1) is 17.5 Å². The van der Waals surface area contributed by atoms with Gasteiger partial charge in [-0.3, -0.25) is 0 Å². The second-order valence-corrected chi connectivity index (χ2v) is 6.49. The van der Waals surface area contributed by atoms with Gasteiger partial charge in [0.2, 0.25) is 5.16 Å². The van der Waals surface area contributed by atoms with Gasteiger partial charge in [-0.05, 0) is 41.1 Å². The Bertz CT molecular complexity index is 777. The number of hydrogen-bond acceptors (Lipinski definition) is 5. The molecule has 0 atom stereocenters. The molecule has 0 aliphatic rings. The smallest absolute Gasteiger partial charge is 0.214 e. The lowest BCUT2D eigenvalue weighted by molar-refractivity contribution is 0.731. The number of benzene rings is 2. The van der Waals surface area contributed by atoms with Crippen molar-refractivity contribution < 1.29 is 0 Å². The van der Waals surface area contributed by atoms with Gasteiger partial charge in [0.1, 0.15) is 0 Å². The Hall–Kier alpha value is -2.15. The van der Waals surface area contributed by atoms with Crippen LogP contribution in [0.1, 0.15) is 12.0 Å². The molecular formula is C19H22ClN5S. The molecule has 7 heteroatoms. The van der Waals surface area contributed by atoms with Crippen molar-refractivity contribution in [3.05, 3.63) is 72.3 Å². The van der Waals surface area contributed by atoms with Crippen LogP contribution >= 0.6 is 24.2 Å². The van der Waals surface area contributed by atoms with Crippen LogP contribution in [-0.4, -0.2) is 39.0 Å². The number of tetrazole rings is 1. The minimum atomic E-state index is 0. The van der Waals surface area contributed by atoms with Gasteiger partial charge in [-0.25, -0.2) is 0 Å². The number of aromatic nitrogens is 4. The molecule has 5 nitrogen and oxygen atoms in total. The van der Waals surface area contributed by atoms with E-state index in [2.05, 4.69) is 45.1 Å². The van der Waals surface area contributed by atoms with E-state index in [0.29, 0.717) is 0 Å². The molecule has 2 aromatic carbocycles. The molecule has 0 fully saturated rings. The number of nitrogens with one attached hydrogen (secondary N) is 1. The standard InChI is InChI=1S/C19H21N5S.ClH/c1-3-9-17(10-4-1)11-7-14-20-15-8-16-25-19-21-22-23-24(19)18-12-5-2-6-13-18;/h1-7,9-13,20H,8,14-16H2;1H. The highest BCUT2D eigenvalue weighted by Gasteiger charge is 2.07. The van der Waals surface area contributed by atoms with Gasteiger partial charge in [0.05, 0.1) is 5.69 Å². The van der Waals surface area contributed by atoms with Gasteiger partial charge >= 0.3 is 0 Å². The molecule has 0 saturated heterocycles. The topological polar surface area (TPSA) is 55.6 Å². The zero-order chi connectivity index (χ0) is 17.2. The van der Waals surface area contributed by atoms with Gasteiger partial charge in [-0.1, -0.05) is 72.4 Å². The average molecular weight is 388 g/mol. The summed E-state index contributed by atoms with van der Waals surface area (Å²) in [6, 6.07) is 20.3. The van der Waals surface area contributed by atoms with Gasteiger partial charge in [-0.2, -0.15) is 4.68 Å². The summed E-state index contributed by atoms with van der Waals surface area (Å²) in [5.41, 5.74) is 2.21. The van der Waals surface area contributed by atoms with E-state index in [9.17, 15) is 0 Å². The monoisotopic (exact) mass is 387 g/mol. The maximum absolute atomic E-state index is 4.11. The van der Waals surface area contributed by atoms with E-state index in [1.807, 2.05) is 48.5 Å². The SMILES string of the molecule is C(=Cc1ccccc1)CNCCCSc1nnnn1-c1ccccc1.Cl. The molecule has 1 aromatic heterocycles. The first-order valence-electron chi connectivity index (χ1n) is 8.32. The summed E-state index contributed by atoms with van der Waals surface area (Å²) in [4.78, 5) is 0. The molecule has 0 saturated carbocycles. The Kier molecular flexibility index (Phi) is 8.89. The first-order chi connectivity index (χ1) is 12.4. The number of hydrogen-bond donors (Lipinski definition) is 1. The molecule has 3 rings (SSSR count). The Morgan fingerprint density at radius 1 is 1.00 bits per heavy atom. The predicted molar refractivity (Wildman–Crippen MR) is 110 cm³/mol. The third kappa shape index (κ3) is 6.29. The number of para-hydroxylation sites is 1. The lowest BCUT2D eigenvalue weighted by Crippen LogP contribution is -2.15. The summed E-state index contributed by atoms with van der Waals surface area (Å²) >= 11 is 1.68. The fourth-order valence-corrected chi connectivity index (χ4v) is 3.14. The Morgan fingerprint density at radius 2 is 1.73 bits per heavy atom. The fraction of sp³-hybridized carbons (Fsp3) is 0.211. The summed E-state index contributed by atoms with van der Waals surface area (Å²) in [6.45, 7) is 1.85. The predicted octanol–water partition coefficient (Wildman–Crippen LogP) is 3.87. The summed E-state index contributed by atoms with van der Waals surface area (Å²) in [6.07, 6.45) is 5.35. The highest BCUT2D eigenvalue weighted by Crippen LogP contribution is 2.18. The normalized spacial score (nSPS) is 10.8. The van der Waals surface area contributed by atoms with Crippen molar-refractivity contribution in [3.8, 4) is 5.69 Å². The minimum absolute atomic E-state index is 0. The zero-order valence-electron chi connectivity index (χ0n) is 14.4. The molecule has 0 spiro atoms. The summed E-state index contributed by atoms with van der Waals surface area (Å²) < 4.78 is 1.78. The van der Waals surface area contributed by atoms with Crippen LogP contribution in [0.3, 0.4) is 0 Å². The van der Waals surface area contributed by atoms with Gasteiger partial charge in [0.25, 0.3) is 0 Å². The van der Waals surface area contributed by atoms with E-state index in [-0.39, 0.29) is 12.4 Å². The lowest BCUT2D eigenvalue weighted by Gasteiger charge is -2.04. The minimum Gasteiger partial charge on any atom is -0.313 e. The van der Waals surface area contributed by atoms with E-state index in [1.165, 1.54) is 5.56 Å². The average Bonchev–Trinajstić information content (AvgIpc) is 3.14. The van der Waals surface area contributed by atoms with E-state index < -0.39 is 0 Å². The third-order valence-electron chi connectivity index (χ3n) is 3.54. The van der Waals surface area contributed by atoms with Crippen LogP contribution in [0.25, 0.3) is 11.8 Å². The van der Waals surface area contributed by atoms with Crippen molar-refractivity contribution in [2.45, 2.75) is 11.6 Å².